The van der Waals surface area contributed by atoms with Gasteiger partial charge in [-0.3, -0.25) is 15.4 Å². The first-order chi connectivity index (χ1) is 9.56. The first-order valence-electron chi connectivity index (χ1n) is 6.69. The van der Waals surface area contributed by atoms with Gasteiger partial charge in [0.2, 0.25) is 10.0 Å². The fourth-order valence-corrected chi connectivity index (χ4v) is 2.90. The molecule has 3 N–H and O–H groups in total. The average Bonchev–Trinajstić information content (AvgIpc) is 2.33. The van der Waals surface area contributed by atoms with Gasteiger partial charge in [0, 0.05) is 0 Å². The Hall–Kier alpha value is -1.19. The second-order valence-corrected chi connectivity index (χ2v) is 6.90. The number of carbonyl (C=O) groups excluding carboxylic acids is 2. The molecule has 124 valence electrons. The van der Waals surface area contributed by atoms with Gasteiger partial charge in [0.05, 0.1) is 18.1 Å². The van der Waals surface area contributed by atoms with Crippen molar-refractivity contribution in [2.75, 3.05) is 0 Å². The molecule has 0 radical (unpaired) electrons. The van der Waals surface area contributed by atoms with Crippen LogP contribution in [0.2, 0.25) is 0 Å². The van der Waals surface area contributed by atoms with Gasteiger partial charge in [0.25, 0.3) is 0 Å². The zero-order valence-electron chi connectivity index (χ0n) is 13.0. The molecule has 0 aliphatic rings. The number of esters is 2. The van der Waals surface area contributed by atoms with Crippen molar-refractivity contribution in [3.8, 4) is 0 Å². The van der Waals surface area contributed by atoms with Crippen LogP contribution in [0.4, 0.5) is 0 Å². The van der Waals surface area contributed by atoms with Crippen LogP contribution < -0.4 is 10.7 Å². The van der Waals surface area contributed by atoms with Crippen LogP contribution in [-0.4, -0.2) is 37.8 Å². The quantitative estimate of drug-likeness (QED) is 0.368. The Morgan fingerprint density at radius 2 is 1.48 bits per heavy atom. The highest BCUT2D eigenvalue weighted by Crippen LogP contribution is 2.20. The van der Waals surface area contributed by atoms with Crippen LogP contribution in [0.15, 0.2) is 0 Å². The summed E-state index contributed by atoms with van der Waals surface area (Å²) in [5.41, 5.74) is 0. The van der Waals surface area contributed by atoms with Crippen molar-refractivity contribution in [3.05, 3.63) is 0 Å². The molecule has 0 saturated heterocycles. The van der Waals surface area contributed by atoms with E-state index in [2.05, 4.69) is 0 Å². The SMILES string of the molecule is CCC(C(=O)OC(C)C)C(C(=O)OC(C)C)S(=O)(=O)NN. The van der Waals surface area contributed by atoms with Gasteiger partial charge in [-0.2, -0.15) is 4.83 Å². The van der Waals surface area contributed by atoms with Crippen molar-refractivity contribution >= 4 is 22.0 Å². The van der Waals surface area contributed by atoms with Crippen molar-refractivity contribution < 1.29 is 27.5 Å². The van der Waals surface area contributed by atoms with E-state index >= 15 is 0 Å². The molecule has 0 aromatic rings. The molecule has 21 heavy (non-hydrogen) atoms. The summed E-state index contributed by atoms with van der Waals surface area (Å²) in [5.74, 6) is 1.96. The summed E-state index contributed by atoms with van der Waals surface area (Å²) >= 11 is 0. The molecule has 2 unspecified atom stereocenters. The summed E-state index contributed by atoms with van der Waals surface area (Å²) < 4.78 is 33.9. The van der Waals surface area contributed by atoms with Crippen molar-refractivity contribution in [1.82, 2.24) is 4.83 Å². The molecule has 0 fully saturated rings. The average molecular weight is 324 g/mol. The van der Waals surface area contributed by atoms with E-state index in [1.807, 2.05) is 0 Å². The van der Waals surface area contributed by atoms with Crippen LogP contribution in [0.3, 0.4) is 0 Å². The number of sulfonamides is 1. The monoisotopic (exact) mass is 324 g/mol. The molecule has 0 bridgehead atoms. The van der Waals surface area contributed by atoms with Crippen molar-refractivity contribution in [3.63, 3.8) is 0 Å². The second-order valence-electron chi connectivity index (χ2n) is 5.07. The summed E-state index contributed by atoms with van der Waals surface area (Å²) in [6.45, 7) is 7.98. The maximum atomic E-state index is 12.0. The van der Waals surface area contributed by atoms with E-state index in [1.165, 1.54) is 0 Å². The van der Waals surface area contributed by atoms with E-state index < -0.39 is 45.3 Å². The third-order valence-electron chi connectivity index (χ3n) is 2.54. The maximum Gasteiger partial charge on any atom is 0.326 e. The first kappa shape index (κ1) is 19.8. The molecule has 0 heterocycles. The summed E-state index contributed by atoms with van der Waals surface area (Å²) in [6, 6.07) is 0. The van der Waals surface area contributed by atoms with Gasteiger partial charge in [-0.05, 0) is 34.1 Å². The standard InChI is InChI=1S/C12H24N2O6S/c1-6-9(11(15)19-7(2)3)10(21(17,18)14-13)12(16)20-8(4)5/h7-10,14H,6,13H2,1-5H3. The third-order valence-corrected chi connectivity index (χ3v) is 4.06. The molecular weight excluding hydrogens is 300 g/mol. The summed E-state index contributed by atoms with van der Waals surface area (Å²) in [6.07, 6.45) is -0.863. The lowest BCUT2D eigenvalue weighted by Crippen LogP contribution is -2.50. The summed E-state index contributed by atoms with van der Waals surface area (Å²) in [4.78, 5) is 25.6. The normalized spacial score (nSPS) is 14.9. The van der Waals surface area contributed by atoms with Crippen molar-refractivity contribution in [1.29, 1.82) is 0 Å². The van der Waals surface area contributed by atoms with Gasteiger partial charge in [0.15, 0.2) is 5.25 Å². The van der Waals surface area contributed by atoms with Crippen LogP contribution in [0, 0.1) is 5.92 Å². The molecule has 2 atom stereocenters. The number of ether oxygens (including phenoxy) is 2. The maximum absolute atomic E-state index is 12.0. The summed E-state index contributed by atoms with van der Waals surface area (Å²) in [5, 5.41) is -1.75. The van der Waals surface area contributed by atoms with E-state index in [0.29, 0.717) is 0 Å². The Morgan fingerprint density at radius 3 is 1.81 bits per heavy atom. The number of hydrazine groups is 1. The number of nitrogens with one attached hydrogen (secondary N) is 1. The smallest absolute Gasteiger partial charge is 0.326 e. The van der Waals surface area contributed by atoms with Crippen molar-refractivity contribution in [2.24, 2.45) is 11.8 Å². The van der Waals surface area contributed by atoms with Gasteiger partial charge < -0.3 is 9.47 Å². The third kappa shape index (κ3) is 5.98. The number of hydrogen-bond donors (Lipinski definition) is 2. The second kappa shape index (κ2) is 8.30. The Balaban J connectivity index is 5.55. The van der Waals surface area contributed by atoms with Crippen LogP contribution in [0.1, 0.15) is 41.0 Å². The lowest BCUT2D eigenvalue weighted by molar-refractivity contribution is -0.159. The van der Waals surface area contributed by atoms with Crippen LogP contribution in [0.5, 0.6) is 0 Å². The van der Waals surface area contributed by atoms with Gasteiger partial charge >= 0.3 is 11.9 Å². The van der Waals surface area contributed by atoms with Crippen molar-refractivity contribution in [2.45, 2.75) is 58.5 Å². The Bertz CT molecular complexity index is 460. The molecule has 0 aromatic heterocycles. The number of nitrogens with two attached hydrogens (primary N) is 1. The molecule has 0 spiro atoms. The van der Waals surface area contributed by atoms with Gasteiger partial charge in [0.1, 0.15) is 0 Å². The van der Waals surface area contributed by atoms with Gasteiger partial charge in [-0.25, -0.2) is 8.42 Å². The highest BCUT2D eigenvalue weighted by Gasteiger charge is 2.44. The minimum absolute atomic E-state index is 0.0876. The molecule has 0 saturated carbocycles. The predicted molar refractivity (Wildman–Crippen MR) is 76.3 cm³/mol. The highest BCUT2D eigenvalue weighted by atomic mass is 32.2. The molecule has 0 aromatic carbocycles. The van der Waals surface area contributed by atoms with E-state index in [0.717, 1.165) is 0 Å². The Kier molecular flexibility index (Phi) is 7.83. The predicted octanol–water partition coefficient (Wildman–Crippen LogP) is 0.0775. The molecule has 0 aliphatic heterocycles. The molecular formula is C12H24N2O6S. The Labute approximate surface area is 125 Å². The number of carbonyl (C=O) groups is 2. The molecule has 0 aliphatic carbocycles. The zero-order chi connectivity index (χ0) is 16.8. The Morgan fingerprint density at radius 1 is 1.05 bits per heavy atom. The topological polar surface area (TPSA) is 125 Å². The van der Waals surface area contributed by atoms with Crippen LogP contribution in [-0.2, 0) is 29.1 Å². The number of rotatable bonds is 8. The van der Waals surface area contributed by atoms with Crippen LogP contribution in [0.25, 0.3) is 0 Å². The van der Waals surface area contributed by atoms with E-state index in [9.17, 15) is 18.0 Å². The highest BCUT2D eigenvalue weighted by molar-refractivity contribution is 7.90. The molecule has 9 heteroatoms. The largest absolute Gasteiger partial charge is 0.463 e. The van der Waals surface area contributed by atoms with Gasteiger partial charge in [-0.15, -0.1) is 0 Å². The van der Waals surface area contributed by atoms with Crippen LogP contribution >= 0.6 is 0 Å². The summed E-state index contributed by atoms with van der Waals surface area (Å²) in [7, 11) is -4.24. The lowest BCUT2D eigenvalue weighted by Gasteiger charge is -2.24. The fourth-order valence-electron chi connectivity index (χ4n) is 1.70. The molecule has 0 amide bonds. The minimum Gasteiger partial charge on any atom is -0.463 e. The van der Waals surface area contributed by atoms with E-state index in [1.54, 1.807) is 39.4 Å². The van der Waals surface area contributed by atoms with E-state index in [-0.39, 0.29) is 6.42 Å². The van der Waals surface area contributed by atoms with Gasteiger partial charge in [-0.1, -0.05) is 6.92 Å². The number of hydrogen-bond acceptors (Lipinski definition) is 7. The molecule has 8 nitrogen and oxygen atoms in total. The fraction of sp³-hybridized carbons (Fsp3) is 0.833. The lowest BCUT2D eigenvalue weighted by atomic mass is 10.0. The van der Waals surface area contributed by atoms with E-state index in [4.69, 9.17) is 15.3 Å². The molecule has 0 rings (SSSR count). The zero-order valence-corrected chi connectivity index (χ0v) is 13.8. The first-order valence-corrected chi connectivity index (χ1v) is 8.23. The minimum atomic E-state index is -4.24.